The van der Waals surface area contributed by atoms with Crippen LogP contribution in [0, 0.1) is 12.7 Å². The number of fused-ring (bicyclic) bond motifs is 1. The van der Waals surface area contributed by atoms with Crippen molar-refractivity contribution in [2.75, 3.05) is 5.73 Å². The molecule has 1 aromatic carbocycles. The summed E-state index contributed by atoms with van der Waals surface area (Å²) in [6.45, 7) is 1.89. The van der Waals surface area contributed by atoms with Crippen LogP contribution in [0.4, 0.5) is 10.3 Å². The molecule has 1 atom stereocenters. The van der Waals surface area contributed by atoms with E-state index in [-0.39, 0.29) is 17.8 Å². The molecular formula is C14H12BrFN4. The first-order valence-electron chi connectivity index (χ1n) is 6.15. The Morgan fingerprint density at radius 3 is 2.90 bits per heavy atom. The molecule has 0 radical (unpaired) electrons. The third-order valence-electron chi connectivity index (χ3n) is 3.32. The molecule has 2 heterocycles. The van der Waals surface area contributed by atoms with Gasteiger partial charge in [-0.25, -0.2) is 14.4 Å². The number of nitrogens with zero attached hydrogens (tertiary/aromatic N) is 3. The van der Waals surface area contributed by atoms with Gasteiger partial charge in [0.1, 0.15) is 5.82 Å². The number of rotatable bonds is 1. The molecule has 3 rings (SSSR count). The highest BCUT2D eigenvalue weighted by atomic mass is 79.9. The van der Waals surface area contributed by atoms with E-state index in [0.717, 1.165) is 22.5 Å². The number of aryl methyl sites for hydroxylation is 1. The van der Waals surface area contributed by atoms with Gasteiger partial charge in [0.2, 0.25) is 5.95 Å². The molecule has 0 bridgehead atoms. The third kappa shape index (κ3) is 2.31. The molecule has 0 saturated heterocycles. The maximum atomic E-state index is 13.2. The summed E-state index contributed by atoms with van der Waals surface area (Å²) in [7, 11) is 0. The molecule has 1 unspecified atom stereocenters. The van der Waals surface area contributed by atoms with Gasteiger partial charge in [-0.15, -0.1) is 0 Å². The van der Waals surface area contributed by atoms with Gasteiger partial charge in [-0.3, -0.25) is 4.99 Å². The summed E-state index contributed by atoms with van der Waals surface area (Å²) in [4.78, 5) is 12.9. The maximum Gasteiger partial charge on any atom is 0.220 e. The molecule has 1 aliphatic heterocycles. The first-order valence-corrected chi connectivity index (χ1v) is 6.95. The van der Waals surface area contributed by atoms with Crippen LogP contribution >= 0.6 is 15.9 Å². The average Bonchev–Trinajstić information content (AvgIpc) is 2.37. The topological polar surface area (TPSA) is 64.2 Å². The van der Waals surface area contributed by atoms with Crippen LogP contribution in [0.3, 0.4) is 0 Å². The SMILES string of the molecule is Cc1nc(N)nc2c1C=NC(c1ccc(F)cc1Br)C2. The van der Waals surface area contributed by atoms with E-state index in [1.54, 1.807) is 12.3 Å². The standard InChI is InChI=1S/C14H12BrFN4/c1-7-10-6-18-12(5-13(10)20-14(17)19-7)9-3-2-8(16)4-11(9)15/h2-4,6,12H,5H2,1H3,(H2,17,19,20). The number of anilines is 1. The Balaban J connectivity index is 2.01. The minimum Gasteiger partial charge on any atom is -0.368 e. The van der Waals surface area contributed by atoms with Crippen LogP contribution in [-0.4, -0.2) is 16.2 Å². The molecule has 1 aliphatic rings. The van der Waals surface area contributed by atoms with Crippen LogP contribution in [0.2, 0.25) is 0 Å². The van der Waals surface area contributed by atoms with Crippen molar-refractivity contribution in [1.29, 1.82) is 0 Å². The van der Waals surface area contributed by atoms with Crippen molar-refractivity contribution in [1.82, 2.24) is 9.97 Å². The summed E-state index contributed by atoms with van der Waals surface area (Å²) in [6, 6.07) is 4.53. The second kappa shape index (κ2) is 4.94. The van der Waals surface area contributed by atoms with Crippen molar-refractivity contribution in [3.63, 3.8) is 0 Å². The number of halogens is 2. The van der Waals surface area contributed by atoms with Crippen LogP contribution in [0.5, 0.6) is 0 Å². The van der Waals surface area contributed by atoms with Crippen molar-refractivity contribution >= 4 is 28.1 Å². The lowest BCUT2D eigenvalue weighted by Crippen LogP contribution is -2.15. The van der Waals surface area contributed by atoms with Gasteiger partial charge in [0.05, 0.1) is 17.4 Å². The molecule has 0 spiro atoms. The van der Waals surface area contributed by atoms with Crippen molar-refractivity contribution < 1.29 is 4.39 Å². The Hall–Kier alpha value is -1.82. The lowest BCUT2D eigenvalue weighted by molar-refractivity contribution is 0.622. The lowest BCUT2D eigenvalue weighted by Gasteiger charge is -2.20. The van der Waals surface area contributed by atoms with Crippen LogP contribution < -0.4 is 5.73 Å². The molecule has 0 amide bonds. The van der Waals surface area contributed by atoms with Crippen molar-refractivity contribution in [3.8, 4) is 0 Å². The quantitative estimate of drug-likeness (QED) is 0.871. The molecule has 0 saturated carbocycles. The number of hydrogen-bond acceptors (Lipinski definition) is 4. The van der Waals surface area contributed by atoms with Gasteiger partial charge in [-0.05, 0) is 24.6 Å². The first-order chi connectivity index (χ1) is 9.54. The Morgan fingerprint density at radius 1 is 1.35 bits per heavy atom. The maximum absolute atomic E-state index is 13.2. The van der Waals surface area contributed by atoms with Gasteiger partial charge in [-0.1, -0.05) is 22.0 Å². The van der Waals surface area contributed by atoms with E-state index in [9.17, 15) is 4.39 Å². The Morgan fingerprint density at radius 2 is 2.15 bits per heavy atom. The highest BCUT2D eigenvalue weighted by Gasteiger charge is 2.22. The van der Waals surface area contributed by atoms with E-state index in [0.29, 0.717) is 10.9 Å². The van der Waals surface area contributed by atoms with Crippen LogP contribution in [0.1, 0.15) is 28.6 Å². The minimum atomic E-state index is -0.275. The van der Waals surface area contributed by atoms with Crippen LogP contribution in [0.25, 0.3) is 0 Å². The minimum absolute atomic E-state index is 0.0915. The van der Waals surface area contributed by atoms with E-state index < -0.39 is 0 Å². The number of aromatic nitrogens is 2. The Labute approximate surface area is 124 Å². The van der Waals surface area contributed by atoms with Crippen molar-refractivity contribution in [2.24, 2.45) is 4.99 Å². The predicted octanol–water partition coefficient (Wildman–Crippen LogP) is 2.99. The Kier molecular flexibility index (Phi) is 3.25. The molecular weight excluding hydrogens is 323 g/mol. The van der Waals surface area contributed by atoms with Crippen molar-refractivity contribution in [2.45, 2.75) is 19.4 Å². The zero-order chi connectivity index (χ0) is 14.3. The molecule has 2 N–H and O–H groups in total. The first kappa shape index (κ1) is 13.2. The highest BCUT2D eigenvalue weighted by Crippen LogP contribution is 2.32. The van der Waals surface area contributed by atoms with Crippen molar-refractivity contribution in [3.05, 3.63) is 51.0 Å². The summed E-state index contributed by atoms with van der Waals surface area (Å²) >= 11 is 3.38. The zero-order valence-corrected chi connectivity index (χ0v) is 12.4. The molecule has 4 nitrogen and oxygen atoms in total. The normalized spacial score (nSPS) is 17.1. The third-order valence-corrected chi connectivity index (χ3v) is 4.01. The van der Waals surface area contributed by atoms with Gasteiger partial charge in [0.15, 0.2) is 0 Å². The number of nitrogen functional groups attached to an aromatic ring is 1. The number of benzene rings is 1. The predicted molar refractivity (Wildman–Crippen MR) is 79.3 cm³/mol. The molecule has 0 fully saturated rings. The van der Waals surface area contributed by atoms with E-state index in [4.69, 9.17) is 5.73 Å². The molecule has 1 aromatic heterocycles. The van der Waals surface area contributed by atoms with E-state index in [2.05, 4.69) is 30.9 Å². The van der Waals surface area contributed by atoms with Gasteiger partial charge in [-0.2, -0.15) is 0 Å². The van der Waals surface area contributed by atoms with Gasteiger partial charge in [0.25, 0.3) is 0 Å². The average molecular weight is 335 g/mol. The summed E-state index contributed by atoms with van der Waals surface area (Å²) in [6.07, 6.45) is 2.40. The fourth-order valence-corrected chi connectivity index (χ4v) is 2.97. The summed E-state index contributed by atoms with van der Waals surface area (Å²) < 4.78 is 13.9. The summed E-state index contributed by atoms with van der Waals surface area (Å²) in [5, 5.41) is 0. The van der Waals surface area contributed by atoms with E-state index >= 15 is 0 Å². The summed E-state index contributed by atoms with van der Waals surface area (Å²) in [5.41, 5.74) is 9.26. The van der Waals surface area contributed by atoms with E-state index in [1.165, 1.54) is 12.1 Å². The molecule has 2 aromatic rings. The molecule has 0 aliphatic carbocycles. The molecule has 20 heavy (non-hydrogen) atoms. The number of nitrogens with two attached hydrogens (primary N) is 1. The monoisotopic (exact) mass is 334 g/mol. The van der Waals surface area contributed by atoms with Crippen LogP contribution in [-0.2, 0) is 6.42 Å². The fourth-order valence-electron chi connectivity index (χ4n) is 2.35. The van der Waals surface area contributed by atoms with Gasteiger partial charge in [0, 0.05) is 22.7 Å². The second-order valence-electron chi connectivity index (χ2n) is 4.69. The second-order valence-corrected chi connectivity index (χ2v) is 5.55. The van der Waals surface area contributed by atoms with Crippen LogP contribution in [0.15, 0.2) is 27.7 Å². The van der Waals surface area contributed by atoms with Gasteiger partial charge < -0.3 is 5.73 Å². The molecule has 6 heteroatoms. The molecule has 102 valence electrons. The smallest absolute Gasteiger partial charge is 0.220 e. The largest absolute Gasteiger partial charge is 0.368 e. The fraction of sp³-hybridized carbons (Fsp3) is 0.214. The van der Waals surface area contributed by atoms with Gasteiger partial charge >= 0.3 is 0 Å². The zero-order valence-electron chi connectivity index (χ0n) is 10.8. The number of aliphatic imine (C=N–C) groups is 1. The summed E-state index contributed by atoms with van der Waals surface area (Å²) in [5.74, 6) is -0.00306. The van der Waals surface area contributed by atoms with E-state index in [1.807, 2.05) is 6.92 Å². The highest BCUT2D eigenvalue weighted by molar-refractivity contribution is 9.10. The lowest BCUT2D eigenvalue weighted by atomic mass is 9.97. The number of hydrogen-bond donors (Lipinski definition) is 1. The Bertz CT molecular complexity index is 715.